The molecule has 1 aliphatic carbocycles. The first kappa shape index (κ1) is 15.4. The first-order chi connectivity index (χ1) is 8.45. The van der Waals surface area contributed by atoms with E-state index in [1.807, 2.05) is 0 Å². The number of ether oxygens (including phenoxy) is 2. The van der Waals surface area contributed by atoms with Gasteiger partial charge in [-0.3, -0.25) is 4.79 Å². The van der Waals surface area contributed by atoms with Crippen LogP contribution in [0.15, 0.2) is 0 Å². The van der Waals surface area contributed by atoms with E-state index in [-0.39, 0.29) is 5.97 Å². The van der Waals surface area contributed by atoms with Gasteiger partial charge >= 0.3 is 5.97 Å². The number of nitrogens with two attached hydrogens (primary N) is 1. The normalized spacial score (nSPS) is 27.6. The Balaban J connectivity index is 2.25. The maximum absolute atomic E-state index is 11.6. The van der Waals surface area contributed by atoms with E-state index in [1.54, 1.807) is 13.8 Å². The molecular weight excluding hydrogens is 230 g/mol. The van der Waals surface area contributed by atoms with E-state index < -0.39 is 5.54 Å². The molecule has 106 valence electrons. The Morgan fingerprint density at radius 2 is 2.17 bits per heavy atom. The van der Waals surface area contributed by atoms with Gasteiger partial charge in [0.25, 0.3) is 0 Å². The molecule has 1 rings (SSSR count). The summed E-state index contributed by atoms with van der Waals surface area (Å²) < 4.78 is 10.8. The number of hydrogen-bond donors (Lipinski definition) is 1. The van der Waals surface area contributed by atoms with E-state index in [9.17, 15) is 4.79 Å². The molecule has 0 bridgehead atoms. The summed E-state index contributed by atoms with van der Waals surface area (Å²) in [6, 6.07) is 0. The van der Waals surface area contributed by atoms with Gasteiger partial charge in [0.05, 0.1) is 12.7 Å². The third-order valence-electron chi connectivity index (χ3n) is 3.60. The van der Waals surface area contributed by atoms with Crippen molar-refractivity contribution in [1.29, 1.82) is 0 Å². The lowest BCUT2D eigenvalue weighted by Gasteiger charge is -2.28. The predicted octanol–water partition coefficient (Wildman–Crippen LogP) is 2.25. The monoisotopic (exact) mass is 257 g/mol. The maximum atomic E-state index is 11.6. The fraction of sp³-hybridized carbons (Fsp3) is 0.929. The van der Waals surface area contributed by atoms with E-state index >= 15 is 0 Å². The summed E-state index contributed by atoms with van der Waals surface area (Å²) in [5.41, 5.74) is 5.00. The molecule has 0 heterocycles. The molecule has 1 aliphatic rings. The minimum absolute atomic E-state index is 0.340. The van der Waals surface area contributed by atoms with Crippen molar-refractivity contribution in [3.63, 3.8) is 0 Å². The standard InChI is InChI=1S/C14H27NO3/c1-4-17-13(16)14(3,15)8-9-18-12-7-5-6-11(2)10-12/h11-12H,4-10,15H2,1-3H3. The minimum atomic E-state index is -0.934. The average molecular weight is 257 g/mol. The van der Waals surface area contributed by atoms with Gasteiger partial charge in [-0.25, -0.2) is 0 Å². The van der Waals surface area contributed by atoms with Crippen molar-refractivity contribution < 1.29 is 14.3 Å². The second-order valence-corrected chi connectivity index (χ2v) is 5.65. The molecule has 0 amide bonds. The Bertz CT molecular complexity index is 266. The molecule has 1 saturated carbocycles. The lowest BCUT2D eigenvalue weighted by molar-refractivity contribution is -0.150. The van der Waals surface area contributed by atoms with E-state index in [0.29, 0.717) is 25.7 Å². The van der Waals surface area contributed by atoms with Crippen LogP contribution < -0.4 is 5.73 Å². The van der Waals surface area contributed by atoms with Gasteiger partial charge in [0, 0.05) is 6.61 Å². The first-order valence-electron chi connectivity index (χ1n) is 7.03. The summed E-state index contributed by atoms with van der Waals surface area (Å²) in [4.78, 5) is 11.6. The SMILES string of the molecule is CCOC(=O)C(C)(N)CCOC1CCCC(C)C1. The second kappa shape index (κ2) is 7.10. The summed E-state index contributed by atoms with van der Waals surface area (Å²) in [5.74, 6) is 0.406. The highest BCUT2D eigenvalue weighted by atomic mass is 16.5. The van der Waals surface area contributed by atoms with Crippen molar-refractivity contribution in [2.24, 2.45) is 11.7 Å². The average Bonchev–Trinajstić information content (AvgIpc) is 2.29. The molecule has 3 atom stereocenters. The Morgan fingerprint density at radius 3 is 2.78 bits per heavy atom. The third-order valence-corrected chi connectivity index (χ3v) is 3.60. The molecule has 0 saturated heterocycles. The van der Waals surface area contributed by atoms with Crippen molar-refractivity contribution in [3.8, 4) is 0 Å². The molecule has 0 aromatic heterocycles. The van der Waals surface area contributed by atoms with Crippen molar-refractivity contribution in [2.75, 3.05) is 13.2 Å². The highest BCUT2D eigenvalue weighted by molar-refractivity contribution is 5.79. The summed E-state index contributed by atoms with van der Waals surface area (Å²) in [7, 11) is 0. The minimum Gasteiger partial charge on any atom is -0.465 e. The topological polar surface area (TPSA) is 61.5 Å². The second-order valence-electron chi connectivity index (χ2n) is 5.65. The van der Waals surface area contributed by atoms with Crippen LogP contribution in [-0.2, 0) is 14.3 Å². The third kappa shape index (κ3) is 4.94. The van der Waals surface area contributed by atoms with Crippen LogP contribution in [0.25, 0.3) is 0 Å². The zero-order valence-electron chi connectivity index (χ0n) is 11.9. The Hall–Kier alpha value is -0.610. The molecule has 4 heteroatoms. The van der Waals surface area contributed by atoms with Crippen LogP contribution in [0.1, 0.15) is 52.9 Å². The van der Waals surface area contributed by atoms with Gasteiger partial charge in [-0.05, 0) is 39.0 Å². The highest BCUT2D eigenvalue weighted by Crippen LogP contribution is 2.26. The van der Waals surface area contributed by atoms with Crippen molar-refractivity contribution in [1.82, 2.24) is 0 Å². The fourth-order valence-corrected chi connectivity index (χ4v) is 2.37. The lowest BCUT2D eigenvalue weighted by Crippen LogP contribution is -2.47. The number of esters is 1. The van der Waals surface area contributed by atoms with Gasteiger partial charge in [-0.2, -0.15) is 0 Å². The van der Waals surface area contributed by atoms with Crippen LogP contribution in [0.5, 0.6) is 0 Å². The molecule has 0 spiro atoms. The Kier molecular flexibility index (Phi) is 6.09. The smallest absolute Gasteiger partial charge is 0.325 e. The van der Waals surface area contributed by atoms with Crippen LogP contribution in [0.4, 0.5) is 0 Å². The van der Waals surface area contributed by atoms with Crippen molar-refractivity contribution in [2.45, 2.75) is 64.5 Å². The quantitative estimate of drug-likeness (QED) is 0.741. The summed E-state index contributed by atoms with van der Waals surface area (Å²) >= 11 is 0. The Labute approximate surface area is 110 Å². The molecular formula is C14H27NO3. The zero-order valence-corrected chi connectivity index (χ0v) is 11.9. The van der Waals surface area contributed by atoms with Crippen LogP contribution in [-0.4, -0.2) is 30.8 Å². The van der Waals surface area contributed by atoms with E-state index in [0.717, 1.165) is 18.8 Å². The van der Waals surface area contributed by atoms with Crippen LogP contribution in [0.3, 0.4) is 0 Å². The molecule has 2 N–H and O–H groups in total. The van der Waals surface area contributed by atoms with Crippen LogP contribution in [0, 0.1) is 5.92 Å². The molecule has 1 fully saturated rings. The van der Waals surface area contributed by atoms with Gasteiger partial charge in [0.2, 0.25) is 0 Å². The maximum Gasteiger partial charge on any atom is 0.325 e. The van der Waals surface area contributed by atoms with Gasteiger partial charge in [0.1, 0.15) is 5.54 Å². The largest absolute Gasteiger partial charge is 0.465 e. The highest BCUT2D eigenvalue weighted by Gasteiger charge is 2.30. The van der Waals surface area contributed by atoms with E-state index in [1.165, 1.54) is 12.8 Å². The molecule has 0 aliphatic heterocycles. The number of hydrogen-bond acceptors (Lipinski definition) is 4. The molecule has 0 aromatic rings. The molecule has 18 heavy (non-hydrogen) atoms. The first-order valence-corrected chi connectivity index (χ1v) is 7.03. The number of carbonyl (C=O) groups excluding carboxylic acids is 1. The van der Waals surface area contributed by atoms with E-state index in [4.69, 9.17) is 15.2 Å². The van der Waals surface area contributed by atoms with Gasteiger partial charge in [-0.1, -0.05) is 19.8 Å². The molecule has 4 nitrogen and oxygen atoms in total. The van der Waals surface area contributed by atoms with Crippen molar-refractivity contribution in [3.05, 3.63) is 0 Å². The summed E-state index contributed by atoms with van der Waals surface area (Å²) in [5, 5.41) is 0. The Morgan fingerprint density at radius 1 is 1.44 bits per heavy atom. The van der Waals surface area contributed by atoms with Crippen LogP contribution >= 0.6 is 0 Å². The number of carbonyl (C=O) groups is 1. The summed E-state index contributed by atoms with van der Waals surface area (Å²) in [6.07, 6.45) is 5.65. The molecule has 3 unspecified atom stereocenters. The van der Waals surface area contributed by atoms with E-state index in [2.05, 4.69) is 6.92 Å². The zero-order chi connectivity index (χ0) is 13.6. The predicted molar refractivity (Wildman–Crippen MR) is 71.2 cm³/mol. The van der Waals surface area contributed by atoms with Crippen LogP contribution in [0.2, 0.25) is 0 Å². The molecule has 0 radical (unpaired) electrons. The lowest BCUT2D eigenvalue weighted by atomic mass is 9.88. The van der Waals surface area contributed by atoms with Gasteiger partial charge in [0.15, 0.2) is 0 Å². The van der Waals surface area contributed by atoms with Gasteiger partial charge < -0.3 is 15.2 Å². The van der Waals surface area contributed by atoms with Crippen molar-refractivity contribution >= 4 is 5.97 Å². The number of rotatable bonds is 6. The summed E-state index contributed by atoms with van der Waals surface area (Å²) in [6.45, 7) is 6.66. The molecule has 0 aromatic carbocycles. The fourth-order valence-electron chi connectivity index (χ4n) is 2.37. The van der Waals surface area contributed by atoms with Gasteiger partial charge in [-0.15, -0.1) is 0 Å².